The maximum absolute atomic E-state index is 12.8. The Morgan fingerprint density at radius 1 is 1.44 bits per heavy atom. The van der Waals surface area contributed by atoms with Gasteiger partial charge in [0.25, 0.3) is 0 Å². The summed E-state index contributed by atoms with van der Waals surface area (Å²) in [4.78, 5) is 12.8. The topological polar surface area (TPSA) is 53.4 Å². The second-order valence-electron chi connectivity index (χ2n) is 4.61. The first-order valence-corrected chi connectivity index (χ1v) is 6.38. The molecule has 1 aliphatic rings. The Hall–Kier alpha value is -1.36. The number of aromatic nitrogens is 2. The van der Waals surface area contributed by atoms with E-state index in [-0.39, 0.29) is 5.78 Å². The van der Waals surface area contributed by atoms with Gasteiger partial charge in [-0.05, 0) is 32.6 Å². The lowest BCUT2D eigenvalue weighted by Gasteiger charge is -2.26. The predicted molar refractivity (Wildman–Crippen MR) is 67.0 cm³/mol. The molecular formula is C13H20N2O3. The van der Waals surface area contributed by atoms with Crippen LogP contribution >= 0.6 is 0 Å². The summed E-state index contributed by atoms with van der Waals surface area (Å²) in [5, 5.41) is 4.18. The minimum atomic E-state index is -0.680. The number of nitrogens with zero attached hydrogens (tertiary/aromatic N) is 2. The molecule has 100 valence electrons. The van der Waals surface area contributed by atoms with Gasteiger partial charge in [-0.2, -0.15) is 5.10 Å². The van der Waals surface area contributed by atoms with E-state index in [0.717, 1.165) is 25.7 Å². The lowest BCUT2D eigenvalue weighted by molar-refractivity contribution is 0.00493. The molecule has 0 N–H and O–H groups in total. The first-order chi connectivity index (χ1) is 8.68. The van der Waals surface area contributed by atoms with E-state index in [0.29, 0.717) is 18.0 Å². The monoisotopic (exact) mass is 252 g/mol. The molecule has 0 bridgehead atoms. The first kappa shape index (κ1) is 13.1. The van der Waals surface area contributed by atoms with Crippen molar-refractivity contribution in [2.45, 2.75) is 44.8 Å². The SMILES string of the molecule is CCn1ncc(OC)c1C(=O)C1(OC)CCCC1. The van der Waals surface area contributed by atoms with E-state index < -0.39 is 5.60 Å². The average Bonchev–Trinajstić information content (AvgIpc) is 3.04. The lowest BCUT2D eigenvalue weighted by Crippen LogP contribution is -2.39. The molecule has 2 rings (SSSR count). The smallest absolute Gasteiger partial charge is 0.216 e. The Balaban J connectivity index is 2.41. The van der Waals surface area contributed by atoms with Crippen LogP contribution in [0.5, 0.6) is 5.75 Å². The minimum absolute atomic E-state index is 0.00120. The standard InChI is InChI=1S/C13H20N2O3/c1-4-15-11(10(17-2)9-14-15)12(16)13(18-3)7-5-6-8-13/h9H,4-8H2,1-3H3. The molecule has 0 radical (unpaired) electrons. The third kappa shape index (κ3) is 1.92. The van der Waals surface area contributed by atoms with Crippen LogP contribution in [-0.2, 0) is 11.3 Å². The summed E-state index contributed by atoms with van der Waals surface area (Å²) in [6.45, 7) is 2.60. The van der Waals surface area contributed by atoms with E-state index in [1.165, 1.54) is 0 Å². The lowest BCUT2D eigenvalue weighted by atomic mass is 9.93. The highest BCUT2D eigenvalue weighted by Crippen LogP contribution is 2.37. The largest absolute Gasteiger partial charge is 0.493 e. The van der Waals surface area contributed by atoms with Crippen LogP contribution in [-0.4, -0.2) is 35.4 Å². The number of hydrogen-bond acceptors (Lipinski definition) is 4. The van der Waals surface area contributed by atoms with Crippen LogP contribution in [0, 0.1) is 0 Å². The number of Topliss-reactive ketones (excluding diaryl/α,β-unsaturated/α-hetero) is 1. The highest BCUT2D eigenvalue weighted by Gasteiger charge is 2.44. The Kier molecular flexibility index (Phi) is 3.71. The molecule has 5 heteroatoms. The Labute approximate surface area is 107 Å². The summed E-state index contributed by atoms with van der Waals surface area (Å²) in [6, 6.07) is 0. The Morgan fingerprint density at radius 2 is 2.11 bits per heavy atom. The number of rotatable bonds is 5. The van der Waals surface area contributed by atoms with E-state index >= 15 is 0 Å². The molecule has 0 aliphatic heterocycles. The van der Waals surface area contributed by atoms with Gasteiger partial charge in [0, 0.05) is 13.7 Å². The van der Waals surface area contributed by atoms with Crippen molar-refractivity contribution in [3.8, 4) is 5.75 Å². The minimum Gasteiger partial charge on any atom is -0.493 e. The molecule has 18 heavy (non-hydrogen) atoms. The van der Waals surface area contributed by atoms with Crippen LogP contribution in [0.15, 0.2) is 6.20 Å². The van der Waals surface area contributed by atoms with Gasteiger partial charge in [-0.25, -0.2) is 0 Å². The molecule has 1 aromatic rings. The molecule has 0 aromatic carbocycles. The number of carbonyl (C=O) groups is 1. The fraction of sp³-hybridized carbons (Fsp3) is 0.692. The van der Waals surface area contributed by atoms with E-state index in [2.05, 4.69) is 5.10 Å². The second-order valence-corrected chi connectivity index (χ2v) is 4.61. The Bertz CT molecular complexity index is 412. The Morgan fingerprint density at radius 3 is 2.61 bits per heavy atom. The highest BCUT2D eigenvalue weighted by atomic mass is 16.5. The number of ether oxygens (including phenoxy) is 2. The van der Waals surface area contributed by atoms with Crippen molar-refractivity contribution >= 4 is 5.78 Å². The predicted octanol–water partition coefficient (Wildman–Crippen LogP) is 2.05. The average molecular weight is 252 g/mol. The van der Waals surface area contributed by atoms with E-state index in [1.54, 1.807) is 25.1 Å². The summed E-state index contributed by atoms with van der Waals surface area (Å²) in [7, 11) is 3.17. The zero-order valence-corrected chi connectivity index (χ0v) is 11.2. The van der Waals surface area contributed by atoms with Gasteiger partial charge in [-0.15, -0.1) is 0 Å². The summed E-state index contributed by atoms with van der Waals surface area (Å²) in [5.41, 5.74) is -0.149. The molecule has 1 heterocycles. The van der Waals surface area contributed by atoms with Crippen molar-refractivity contribution in [3.63, 3.8) is 0 Å². The van der Waals surface area contributed by atoms with Gasteiger partial charge in [0.15, 0.2) is 5.75 Å². The number of carbonyl (C=O) groups excluding carboxylic acids is 1. The van der Waals surface area contributed by atoms with Crippen molar-refractivity contribution < 1.29 is 14.3 Å². The van der Waals surface area contributed by atoms with Crippen LogP contribution in [0.25, 0.3) is 0 Å². The summed E-state index contributed by atoms with van der Waals surface area (Å²) in [6.07, 6.45) is 5.21. The number of ketones is 1. The summed E-state index contributed by atoms with van der Waals surface area (Å²) >= 11 is 0. The molecule has 1 saturated carbocycles. The van der Waals surface area contributed by atoms with Gasteiger partial charge in [0.2, 0.25) is 5.78 Å². The van der Waals surface area contributed by atoms with Crippen LogP contribution < -0.4 is 4.74 Å². The van der Waals surface area contributed by atoms with Crippen molar-refractivity contribution in [3.05, 3.63) is 11.9 Å². The number of methoxy groups -OCH3 is 2. The molecule has 0 spiro atoms. The third-order valence-electron chi connectivity index (χ3n) is 3.76. The van der Waals surface area contributed by atoms with Crippen molar-refractivity contribution in [2.24, 2.45) is 0 Å². The van der Waals surface area contributed by atoms with Gasteiger partial charge in [0.05, 0.1) is 13.3 Å². The van der Waals surface area contributed by atoms with Crippen LogP contribution in [0.1, 0.15) is 43.1 Å². The molecule has 0 unspecified atom stereocenters. The molecule has 1 aromatic heterocycles. The maximum Gasteiger partial charge on any atom is 0.216 e. The molecule has 1 aliphatic carbocycles. The molecule has 1 fully saturated rings. The fourth-order valence-corrected chi connectivity index (χ4v) is 2.67. The third-order valence-corrected chi connectivity index (χ3v) is 3.76. The maximum atomic E-state index is 12.8. The van der Waals surface area contributed by atoms with Gasteiger partial charge >= 0.3 is 0 Å². The summed E-state index contributed by atoms with van der Waals surface area (Å²) < 4.78 is 12.5. The number of hydrogen-bond donors (Lipinski definition) is 0. The van der Waals surface area contributed by atoms with E-state index in [1.807, 2.05) is 6.92 Å². The van der Waals surface area contributed by atoms with Crippen molar-refractivity contribution in [1.29, 1.82) is 0 Å². The van der Waals surface area contributed by atoms with Gasteiger partial charge in [-0.3, -0.25) is 9.48 Å². The molecule has 0 amide bonds. The fourth-order valence-electron chi connectivity index (χ4n) is 2.67. The highest BCUT2D eigenvalue weighted by molar-refractivity contribution is 6.03. The molecule has 5 nitrogen and oxygen atoms in total. The van der Waals surface area contributed by atoms with E-state index in [4.69, 9.17) is 9.47 Å². The van der Waals surface area contributed by atoms with Crippen LogP contribution in [0.3, 0.4) is 0 Å². The quantitative estimate of drug-likeness (QED) is 0.753. The van der Waals surface area contributed by atoms with Crippen molar-refractivity contribution in [1.82, 2.24) is 9.78 Å². The van der Waals surface area contributed by atoms with Crippen LogP contribution in [0.2, 0.25) is 0 Å². The van der Waals surface area contributed by atoms with Crippen molar-refractivity contribution in [2.75, 3.05) is 14.2 Å². The normalized spacial score (nSPS) is 17.9. The zero-order valence-electron chi connectivity index (χ0n) is 11.2. The molecule has 0 saturated heterocycles. The zero-order chi connectivity index (χ0) is 13.2. The van der Waals surface area contributed by atoms with Gasteiger partial charge < -0.3 is 9.47 Å². The number of aryl methyl sites for hydroxylation is 1. The van der Waals surface area contributed by atoms with Gasteiger partial charge in [0.1, 0.15) is 11.3 Å². The molecule has 0 atom stereocenters. The summed E-state index contributed by atoms with van der Waals surface area (Å²) in [5.74, 6) is 0.531. The first-order valence-electron chi connectivity index (χ1n) is 6.38. The van der Waals surface area contributed by atoms with Crippen LogP contribution in [0.4, 0.5) is 0 Å². The van der Waals surface area contributed by atoms with E-state index in [9.17, 15) is 4.79 Å². The molecular weight excluding hydrogens is 232 g/mol. The second kappa shape index (κ2) is 5.10. The van der Waals surface area contributed by atoms with Gasteiger partial charge in [-0.1, -0.05) is 0 Å².